The number of nitrogens with zero attached hydrogens (tertiary/aromatic N) is 1. The molecule has 1 heterocycles. The van der Waals surface area contributed by atoms with Crippen LogP contribution in [0.15, 0.2) is 0 Å². The number of aliphatic hydroxyl groups is 1. The minimum atomic E-state index is -1.22. The van der Waals surface area contributed by atoms with Crippen molar-refractivity contribution in [2.75, 3.05) is 19.7 Å². The summed E-state index contributed by atoms with van der Waals surface area (Å²) < 4.78 is 0. The minimum absolute atomic E-state index is 0.413. The normalized spacial score (nSPS) is 17.9. The molecule has 80 valence electrons. The molecular weight excluding hydrogens is 188 g/mol. The van der Waals surface area contributed by atoms with E-state index in [1.807, 2.05) is 0 Å². The van der Waals surface area contributed by atoms with Crippen molar-refractivity contribution in [1.29, 1.82) is 0 Å². The number of carboxylic acid groups (broad SMARTS) is 1. The maximum atomic E-state index is 11.4. The summed E-state index contributed by atoms with van der Waals surface area (Å²) in [5.41, 5.74) is 0. The lowest BCUT2D eigenvalue weighted by Crippen LogP contribution is -2.48. The van der Waals surface area contributed by atoms with E-state index in [0.717, 1.165) is 12.8 Å². The quantitative estimate of drug-likeness (QED) is 0.561. The van der Waals surface area contributed by atoms with Crippen LogP contribution >= 0.6 is 0 Å². The van der Waals surface area contributed by atoms with Gasteiger partial charge >= 0.3 is 12.0 Å². The number of rotatable bonds is 3. The Morgan fingerprint density at radius 1 is 1.36 bits per heavy atom. The molecule has 1 unspecified atom stereocenters. The van der Waals surface area contributed by atoms with E-state index >= 15 is 0 Å². The van der Waals surface area contributed by atoms with Crippen molar-refractivity contribution in [3.8, 4) is 0 Å². The zero-order valence-corrected chi connectivity index (χ0v) is 7.77. The van der Waals surface area contributed by atoms with Crippen LogP contribution < -0.4 is 5.32 Å². The number of aliphatic carboxylic acids is 1. The second-order valence-electron chi connectivity index (χ2n) is 3.22. The van der Waals surface area contributed by atoms with Gasteiger partial charge in [0.2, 0.25) is 0 Å². The van der Waals surface area contributed by atoms with E-state index in [0.29, 0.717) is 13.1 Å². The number of urea groups is 1. The van der Waals surface area contributed by atoms with E-state index < -0.39 is 24.6 Å². The van der Waals surface area contributed by atoms with Crippen LogP contribution in [0.3, 0.4) is 0 Å². The molecule has 0 aromatic rings. The van der Waals surface area contributed by atoms with Gasteiger partial charge in [0, 0.05) is 13.1 Å². The number of nitrogens with one attached hydrogen (secondary N) is 1. The molecule has 1 aliphatic rings. The molecule has 1 fully saturated rings. The van der Waals surface area contributed by atoms with Gasteiger partial charge in [-0.2, -0.15) is 0 Å². The molecule has 0 aromatic carbocycles. The van der Waals surface area contributed by atoms with E-state index in [1.54, 1.807) is 4.90 Å². The molecule has 0 bridgehead atoms. The smallest absolute Gasteiger partial charge is 0.328 e. The zero-order chi connectivity index (χ0) is 10.6. The summed E-state index contributed by atoms with van der Waals surface area (Å²) >= 11 is 0. The van der Waals surface area contributed by atoms with Gasteiger partial charge in [0.1, 0.15) is 0 Å². The molecule has 3 N–H and O–H groups in total. The summed E-state index contributed by atoms with van der Waals surface area (Å²) in [5, 5.41) is 19.5. The van der Waals surface area contributed by atoms with Gasteiger partial charge in [0.15, 0.2) is 6.04 Å². The van der Waals surface area contributed by atoms with E-state index in [1.165, 1.54) is 0 Å². The highest BCUT2D eigenvalue weighted by atomic mass is 16.4. The van der Waals surface area contributed by atoms with Crippen molar-refractivity contribution in [1.82, 2.24) is 10.2 Å². The molecule has 1 atom stereocenters. The van der Waals surface area contributed by atoms with Crippen LogP contribution in [0.5, 0.6) is 0 Å². The molecule has 6 nitrogen and oxygen atoms in total. The first kappa shape index (κ1) is 10.8. The fourth-order valence-corrected chi connectivity index (χ4v) is 1.35. The molecule has 0 saturated carbocycles. The summed E-state index contributed by atoms with van der Waals surface area (Å²) in [4.78, 5) is 23.4. The van der Waals surface area contributed by atoms with Gasteiger partial charge in [-0.25, -0.2) is 9.59 Å². The fourth-order valence-electron chi connectivity index (χ4n) is 1.35. The van der Waals surface area contributed by atoms with Gasteiger partial charge in [-0.15, -0.1) is 0 Å². The lowest BCUT2D eigenvalue weighted by atomic mass is 10.3. The van der Waals surface area contributed by atoms with Crippen molar-refractivity contribution in [2.24, 2.45) is 0 Å². The first-order valence-corrected chi connectivity index (χ1v) is 4.54. The lowest BCUT2D eigenvalue weighted by Gasteiger charge is -2.19. The number of amides is 2. The molecule has 0 spiro atoms. The van der Waals surface area contributed by atoms with Gasteiger partial charge in [0.05, 0.1) is 6.61 Å². The van der Waals surface area contributed by atoms with Crippen LogP contribution in [0, 0.1) is 0 Å². The average molecular weight is 202 g/mol. The number of hydrogen-bond acceptors (Lipinski definition) is 3. The van der Waals surface area contributed by atoms with Gasteiger partial charge in [-0.05, 0) is 12.8 Å². The van der Waals surface area contributed by atoms with Crippen LogP contribution in [-0.4, -0.2) is 52.9 Å². The van der Waals surface area contributed by atoms with E-state index in [4.69, 9.17) is 10.2 Å². The second kappa shape index (κ2) is 4.80. The van der Waals surface area contributed by atoms with Gasteiger partial charge in [-0.1, -0.05) is 0 Å². The van der Waals surface area contributed by atoms with Gasteiger partial charge in [0.25, 0.3) is 0 Å². The van der Waals surface area contributed by atoms with Crippen LogP contribution in [0.1, 0.15) is 12.8 Å². The molecule has 1 aliphatic heterocycles. The molecule has 0 aliphatic carbocycles. The Labute approximate surface area is 81.5 Å². The fraction of sp³-hybridized carbons (Fsp3) is 0.750. The maximum Gasteiger partial charge on any atom is 0.328 e. The van der Waals surface area contributed by atoms with Crippen LogP contribution in [0.2, 0.25) is 0 Å². The van der Waals surface area contributed by atoms with Gasteiger partial charge < -0.3 is 20.4 Å². The summed E-state index contributed by atoms with van der Waals surface area (Å²) in [7, 11) is 0. The SMILES string of the molecule is O=C(O)C(CO)NC(=O)N1CCCC1. The molecule has 6 heteroatoms. The second-order valence-corrected chi connectivity index (χ2v) is 3.22. The van der Waals surface area contributed by atoms with Crippen molar-refractivity contribution in [3.05, 3.63) is 0 Å². The van der Waals surface area contributed by atoms with E-state index in [-0.39, 0.29) is 0 Å². The summed E-state index contributed by atoms with van der Waals surface area (Å²) in [6, 6.07) is -1.62. The Bertz CT molecular complexity index is 225. The predicted octanol–water partition coefficient (Wildman–Crippen LogP) is -0.763. The standard InChI is InChI=1S/C8H14N2O4/c11-5-6(7(12)13)9-8(14)10-3-1-2-4-10/h6,11H,1-5H2,(H,9,14)(H,12,13). The zero-order valence-electron chi connectivity index (χ0n) is 7.77. The number of carboxylic acids is 1. The van der Waals surface area contributed by atoms with Crippen molar-refractivity contribution in [3.63, 3.8) is 0 Å². The van der Waals surface area contributed by atoms with Crippen LogP contribution in [0.4, 0.5) is 4.79 Å². The first-order valence-electron chi connectivity index (χ1n) is 4.54. The monoisotopic (exact) mass is 202 g/mol. The Morgan fingerprint density at radius 2 is 1.93 bits per heavy atom. The number of likely N-dealkylation sites (tertiary alicyclic amines) is 1. The highest BCUT2D eigenvalue weighted by molar-refractivity contribution is 5.82. The van der Waals surface area contributed by atoms with Crippen molar-refractivity contribution >= 4 is 12.0 Å². The molecular formula is C8H14N2O4. The number of carbonyl (C=O) groups is 2. The van der Waals surface area contributed by atoms with Gasteiger partial charge in [-0.3, -0.25) is 0 Å². The Morgan fingerprint density at radius 3 is 2.36 bits per heavy atom. The largest absolute Gasteiger partial charge is 0.480 e. The van der Waals surface area contributed by atoms with Crippen molar-refractivity contribution < 1.29 is 19.8 Å². The highest BCUT2D eigenvalue weighted by Gasteiger charge is 2.23. The van der Waals surface area contributed by atoms with E-state index in [9.17, 15) is 9.59 Å². The Kier molecular flexibility index (Phi) is 3.70. The predicted molar refractivity (Wildman–Crippen MR) is 47.8 cm³/mol. The molecule has 0 radical (unpaired) electrons. The maximum absolute atomic E-state index is 11.4. The first-order chi connectivity index (χ1) is 6.65. The molecule has 2 amide bonds. The molecule has 14 heavy (non-hydrogen) atoms. The Hall–Kier alpha value is -1.30. The molecule has 1 saturated heterocycles. The van der Waals surface area contributed by atoms with E-state index in [2.05, 4.69) is 5.32 Å². The topological polar surface area (TPSA) is 89.9 Å². The number of hydrogen-bond donors (Lipinski definition) is 3. The highest BCUT2D eigenvalue weighted by Crippen LogP contribution is 2.07. The summed E-state index contributed by atoms with van der Waals surface area (Å²) in [6.07, 6.45) is 1.90. The van der Waals surface area contributed by atoms with Crippen molar-refractivity contribution in [2.45, 2.75) is 18.9 Å². The average Bonchev–Trinajstić information content (AvgIpc) is 2.65. The van der Waals surface area contributed by atoms with Crippen LogP contribution in [0.25, 0.3) is 0 Å². The van der Waals surface area contributed by atoms with Crippen LogP contribution in [-0.2, 0) is 4.79 Å². The third-order valence-corrected chi connectivity index (χ3v) is 2.17. The summed E-state index contributed by atoms with van der Waals surface area (Å²) in [5.74, 6) is -1.22. The number of carbonyl (C=O) groups excluding carboxylic acids is 1. The molecule has 1 rings (SSSR count). The third-order valence-electron chi connectivity index (χ3n) is 2.17. The lowest BCUT2D eigenvalue weighted by molar-refractivity contribution is -0.140. The summed E-state index contributed by atoms with van der Waals surface area (Å²) in [6.45, 7) is 0.724. The molecule has 0 aromatic heterocycles. The Balaban J connectivity index is 2.41. The number of aliphatic hydroxyl groups excluding tert-OH is 1. The third kappa shape index (κ3) is 2.59. The minimum Gasteiger partial charge on any atom is -0.480 e.